The molecule has 15 heavy (non-hydrogen) atoms. The van der Waals surface area contributed by atoms with Gasteiger partial charge >= 0.3 is 0 Å². The van der Waals surface area contributed by atoms with Crippen LogP contribution in [0.4, 0.5) is 0 Å². The van der Waals surface area contributed by atoms with Crippen molar-refractivity contribution in [2.24, 2.45) is 5.41 Å². The fourth-order valence-corrected chi connectivity index (χ4v) is 2.19. The molecule has 1 unspecified atom stereocenters. The maximum Gasteiger partial charge on any atom is 0.0487 e. The van der Waals surface area contributed by atoms with E-state index >= 15 is 0 Å². The van der Waals surface area contributed by atoms with E-state index in [1.807, 2.05) is 0 Å². The number of rotatable bonds is 5. The van der Waals surface area contributed by atoms with Crippen LogP contribution in [-0.2, 0) is 6.42 Å². The first-order chi connectivity index (χ1) is 7.09. The highest BCUT2D eigenvalue weighted by molar-refractivity contribution is 9.10. The molecule has 1 aromatic rings. The van der Waals surface area contributed by atoms with Gasteiger partial charge in [-0.05, 0) is 36.0 Å². The van der Waals surface area contributed by atoms with Crippen molar-refractivity contribution in [3.63, 3.8) is 0 Å². The van der Waals surface area contributed by atoms with Gasteiger partial charge in [-0.15, -0.1) is 0 Å². The molecular weight excluding hydrogens is 252 g/mol. The quantitative estimate of drug-likeness (QED) is 0.863. The molecular formula is C13H19BrO. The summed E-state index contributed by atoms with van der Waals surface area (Å²) in [5, 5.41) is 9.42. The molecule has 1 aromatic carbocycles. The van der Waals surface area contributed by atoms with E-state index in [0.717, 1.165) is 23.7 Å². The van der Waals surface area contributed by atoms with Gasteiger partial charge in [0.15, 0.2) is 0 Å². The van der Waals surface area contributed by atoms with Crippen LogP contribution in [0.2, 0.25) is 0 Å². The molecule has 0 saturated heterocycles. The summed E-state index contributed by atoms with van der Waals surface area (Å²) in [6, 6.07) is 8.35. The number of hydrogen-bond donors (Lipinski definition) is 1. The molecule has 1 nitrogen and oxygen atoms in total. The summed E-state index contributed by atoms with van der Waals surface area (Å²) < 4.78 is 1.10. The molecule has 1 rings (SSSR count). The summed E-state index contributed by atoms with van der Waals surface area (Å²) in [7, 11) is 0. The summed E-state index contributed by atoms with van der Waals surface area (Å²) >= 11 is 3.42. The second-order valence-electron chi connectivity index (χ2n) is 4.52. The SMILES string of the molecule is CCCC(C)(CO)Cc1ccc(Br)cc1. The van der Waals surface area contributed by atoms with E-state index in [1.165, 1.54) is 5.56 Å². The fourth-order valence-electron chi connectivity index (χ4n) is 1.92. The van der Waals surface area contributed by atoms with Gasteiger partial charge in [-0.3, -0.25) is 0 Å². The van der Waals surface area contributed by atoms with Gasteiger partial charge in [0.25, 0.3) is 0 Å². The lowest BCUT2D eigenvalue weighted by Gasteiger charge is -2.26. The highest BCUT2D eigenvalue weighted by Gasteiger charge is 2.22. The largest absolute Gasteiger partial charge is 0.396 e. The number of aliphatic hydroxyl groups excluding tert-OH is 1. The summed E-state index contributed by atoms with van der Waals surface area (Å²) in [4.78, 5) is 0. The predicted molar refractivity (Wildman–Crippen MR) is 67.9 cm³/mol. The monoisotopic (exact) mass is 270 g/mol. The Hall–Kier alpha value is -0.340. The number of halogens is 1. The molecule has 0 heterocycles. The Morgan fingerprint density at radius 3 is 2.33 bits per heavy atom. The fraction of sp³-hybridized carbons (Fsp3) is 0.538. The highest BCUT2D eigenvalue weighted by atomic mass is 79.9. The second kappa shape index (κ2) is 5.66. The van der Waals surface area contributed by atoms with Crippen LogP contribution < -0.4 is 0 Å². The number of aliphatic hydroxyl groups is 1. The van der Waals surface area contributed by atoms with E-state index in [4.69, 9.17) is 0 Å². The molecule has 0 spiro atoms. The minimum atomic E-state index is 0.0303. The van der Waals surface area contributed by atoms with E-state index < -0.39 is 0 Å². The average Bonchev–Trinajstić information content (AvgIpc) is 2.22. The molecule has 0 saturated carbocycles. The third kappa shape index (κ3) is 3.96. The molecule has 1 N–H and O–H groups in total. The Kier molecular flexibility index (Phi) is 4.81. The van der Waals surface area contributed by atoms with E-state index in [9.17, 15) is 5.11 Å². The molecule has 0 aromatic heterocycles. The number of hydrogen-bond acceptors (Lipinski definition) is 1. The molecule has 0 aliphatic heterocycles. The molecule has 0 amide bonds. The van der Waals surface area contributed by atoms with Gasteiger partial charge in [-0.25, -0.2) is 0 Å². The summed E-state index contributed by atoms with van der Waals surface area (Å²) in [5.41, 5.74) is 1.32. The minimum absolute atomic E-state index is 0.0303. The molecule has 0 radical (unpaired) electrons. The van der Waals surface area contributed by atoms with Crippen molar-refractivity contribution in [2.75, 3.05) is 6.61 Å². The normalized spacial score (nSPS) is 14.9. The Morgan fingerprint density at radius 1 is 1.27 bits per heavy atom. The van der Waals surface area contributed by atoms with Crippen molar-refractivity contribution in [3.05, 3.63) is 34.3 Å². The zero-order chi connectivity index (χ0) is 11.3. The van der Waals surface area contributed by atoms with Crippen molar-refractivity contribution in [2.45, 2.75) is 33.1 Å². The highest BCUT2D eigenvalue weighted by Crippen LogP contribution is 2.28. The van der Waals surface area contributed by atoms with Gasteiger partial charge in [0.1, 0.15) is 0 Å². The maximum atomic E-state index is 9.42. The van der Waals surface area contributed by atoms with Crippen LogP contribution in [0.3, 0.4) is 0 Å². The van der Waals surface area contributed by atoms with Crippen LogP contribution >= 0.6 is 15.9 Å². The lowest BCUT2D eigenvalue weighted by atomic mass is 9.80. The first-order valence-corrected chi connectivity index (χ1v) is 6.24. The molecule has 84 valence electrons. The van der Waals surface area contributed by atoms with Crippen LogP contribution in [-0.4, -0.2) is 11.7 Å². The van der Waals surface area contributed by atoms with E-state index in [2.05, 4.69) is 54.0 Å². The van der Waals surface area contributed by atoms with Crippen LogP contribution in [0.15, 0.2) is 28.7 Å². The van der Waals surface area contributed by atoms with Crippen LogP contribution in [0.1, 0.15) is 32.3 Å². The Labute approximate surface area is 101 Å². The van der Waals surface area contributed by atoms with Gasteiger partial charge < -0.3 is 5.11 Å². The first-order valence-electron chi connectivity index (χ1n) is 5.45. The molecule has 2 heteroatoms. The van der Waals surface area contributed by atoms with Crippen LogP contribution in [0.5, 0.6) is 0 Å². The third-order valence-electron chi connectivity index (χ3n) is 2.78. The van der Waals surface area contributed by atoms with Gasteiger partial charge in [0.05, 0.1) is 0 Å². The zero-order valence-corrected chi connectivity index (χ0v) is 11.0. The lowest BCUT2D eigenvalue weighted by Crippen LogP contribution is -2.24. The molecule has 0 aliphatic rings. The molecule has 1 atom stereocenters. The van der Waals surface area contributed by atoms with E-state index in [0.29, 0.717) is 0 Å². The Morgan fingerprint density at radius 2 is 1.87 bits per heavy atom. The predicted octanol–water partition coefficient (Wildman–Crippen LogP) is 3.79. The van der Waals surface area contributed by atoms with Crippen molar-refractivity contribution in [1.82, 2.24) is 0 Å². The van der Waals surface area contributed by atoms with E-state index in [-0.39, 0.29) is 12.0 Å². The van der Waals surface area contributed by atoms with Gasteiger partial charge in [0, 0.05) is 11.1 Å². The van der Waals surface area contributed by atoms with E-state index in [1.54, 1.807) is 0 Å². The summed E-state index contributed by atoms with van der Waals surface area (Å²) in [6.07, 6.45) is 3.14. The van der Waals surface area contributed by atoms with Crippen molar-refractivity contribution in [3.8, 4) is 0 Å². The Bertz CT molecular complexity index is 294. The standard InChI is InChI=1S/C13H19BrO/c1-3-8-13(2,10-15)9-11-4-6-12(14)7-5-11/h4-7,15H,3,8-10H2,1-2H3. The van der Waals surface area contributed by atoms with Crippen LogP contribution in [0.25, 0.3) is 0 Å². The summed E-state index contributed by atoms with van der Waals surface area (Å²) in [5.74, 6) is 0. The topological polar surface area (TPSA) is 20.2 Å². The maximum absolute atomic E-state index is 9.42. The first kappa shape index (κ1) is 12.7. The van der Waals surface area contributed by atoms with Gasteiger partial charge in [0.2, 0.25) is 0 Å². The lowest BCUT2D eigenvalue weighted by molar-refractivity contribution is 0.131. The smallest absolute Gasteiger partial charge is 0.0487 e. The molecule has 0 bridgehead atoms. The minimum Gasteiger partial charge on any atom is -0.396 e. The van der Waals surface area contributed by atoms with Crippen molar-refractivity contribution in [1.29, 1.82) is 0 Å². The Balaban J connectivity index is 2.70. The zero-order valence-electron chi connectivity index (χ0n) is 9.46. The molecule has 0 fully saturated rings. The van der Waals surface area contributed by atoms with Crippen molar-refractivity contribution >= 4 is 15.9 Å². The second-order valence-corrected chi connectivity index (χ2v) is 5.44. The third-order valence-corrected chi connectivity index (χ3v) is 3.31. The average molecular weight is 271 g/mol. The van der Waals surface area contributed by atoms with Gasteiger partial charge in [-0.1, -0.05) is 48.3 Å². The number of benzene rings is 1. The van der Waals surface area contributed by atoms with Crippen LogP contribution in [0, 0.1) is 5.41 Å². The molecule has 0 aliphatic carbocycles. The van der Waals surface area contributed by atoms with Crippen molar-refractivity contribution < 1.29 is 5.11 Å². The van der Waals surface area contributed by atoms with Gasteiger partial charge in [-0.2, -0.15) is 0 Å². The summed E-state index contributed by atoms with van der Waals surface area (Å²) in [6.45, 7) is 4.57.